The van der Waals surface area contributed by atoms with Gasteiger partial charge < -0.3 is 19.9 Å². The van der Waals surface area contributed by atoms with Gasteiger partial charge >= 0.3 is 5.97 Å². The molecule has 1 atom stereocenters. The minimum Gasteiger partial charge on any atom is -0.449 e. The van der Waals surface area contributed by atoms with E-state index in [0.29, 0.717) is 23.4 Å². The second-order valence-electron chi connectivity index (χ2n) is 4.91. The molecule has 2 N–H and O–H groups in total. The third-order valence-electron chi connectivity index (χ3n) is 3.21. The highest BCUT2D eigenvalue weighted by Crippen LogP contribution is 2.17. The van der Waals surface area contributed by atoms with Crippen LogP contribution in [0.4, 0.5) is 11.5 Å². The molecule has 0 bridgehead atoms. The van der Waals surface area contributed by atoms with E-state index in [2.05, 4.69) is 15.8 Å². The van der Waals surface area contributed by atoms with Gasteiger partial charge in [-0.2, -0.15) is 0 Å². The average Bonchev–Trinajstić information content (AvgIpc) is 2.97. The van der Waals surface area contributed by atoms with Crippen molar-refractivity contribution in [1.82, 2.24) is 5.16 Å². The highest BCUT2D eigenvalue weighted by Gasteiger charge is 2.24. The van der Waals surface area contributed by atoms with Crippen LogP contribution >= 0.6 is 0 Å². The maximum absolute atomic E-state index is 12.3. The van der Waals surface area contributed by atoms with Crippen molar-refractivity contribution in [3.63, 3.8) is 0 Å². The number of benzene rings is 1. The first-order valence-corrected chi connectivity index (χ1v) is 7.27. The number of nitrogens with zero attached hydrogens (tertiary/aromatic N) is 1. The Kier molecular flexibility index (Phi) is 5.35. The molecule has 122 valence electrons. The molecule has 1 amide bonds. The number of esters is 1. The van der Waals surface area contributed by atoms with E-state index < -0.39 is 18.0 Å². The second kappa shape index (κ2) is 7.44. The number of carbonyl (C=O) groups excluding carboxylic acids is 2. The lowest BCUT2D eigenvalue weighted by Gasteiger charge is -2.16. The zero-order valence-corrected chi connectivity index (χ0v) is 13.3. The fourth-order valence-electron chi connectivity index (χ4n) is 2.03. The van der Waals surface area contributed by atoms with Crippen molar-refractivity contribution in [2.75, 3.05) is 17.7 Å². The Morgan fingerprint density at radius 3 is 2.70 bits per heavy atom. The Labute approximate surface area is 134 Å². The van der Waals surface area contributed by atoms with Gasteiger partial charge in [-0.25, -0.2) is 4.79 Å². The van der Waals surface area contributed by atoms with Crippen LogP contribution in [0.3, 0.4) is 0 Å². The number of aromatic nitrogens is 1. The Morgan fingerprint density at radius 2 is 2.09 bits per heavy atom. The maximum atomic E-state index is 12.3. The van der Waals surface area contributed by atoms with Gasteiger partial charge in [0.2, 0.25) is 0 Å². The molecule has 0 radical (unpaired) electrons. The molecule has 0 spiro atoms. The molecule has 0 aliphatic heterocycles. The smallest absolute Gasteiger partial charge is 0.341 e. The van der Waals surface area contributed by atoms with E-state index in [9.17, 15) is 9.59 Å². The van der Waals surface area contributed by atoms with Crippen LogP contribution in [-0.4, -0.2) is 30.2 Å². The number of anilines is 2. The van der Waals surface area contributed by atoms with Crippen molar-refractivity contribution < 1.29 is 18.8 Å². The van der Waals surface area contributed by atoms with Crippen LogP contribution in [0.2, 0.25) is 0 Å². The van der Waals surface area contributed by atoms with Crippen molar-refractivity contribution in [1.29, 1.82) is 0 Å². The summed E-state index contributed by atoms with van der Waals surface area (Å²) in [5.41, 5.74) is 1.01. The van der Waals surface area contributed by atoms with Crippen molar-refractivity contribution in [2.24, 2.45) is 0 Å². The Balaban J connectivity index is 2.06. The number of carbonyl (C=O) groups is 2. The van der Waals surface area contributed by atoms with Crippen molar-refractivity contribution in [3.05, 3.63) is 41.7 Å². The van der Waals surface area contributed by atoms with Gasteiger partial charge in [0.25, 0.3) is 5.91 Å². The Morgan fingerprint density at radius 1 is 1.35 bits per heavy atom. The van der Waals surface area contributed by atoms with E-state index in [1.807, 2.05) is 0 Å². The van der Waals surface area contributed by atoms with E-state index in [1.54, 1.807) is 51.2 Å². The molecule has 2 rings (SSSR count). The van der Waals surface area contributed by atoms with E-state index in [1.165, 1.54) is 0 Å². The predicted octanol–water partition coefficient (Wildman–Crippen LogP) is 2.60. The van der Waals surface area contributed by atoms with Gasteiger partial charge in [0, 0.05) is 18.8 Å². The molecule has 0 saturated heterocycles. The summed E-state index contributed by atoms with van der Waals surface area (Å²) in [6.45, 7) is 3.48. The molecule has 23 heavy (non-hydrogen) atoms. The fourth-order valence-corrected chi connectivity index (χ4v) is 2.03. The number of aryl methyl sites for hydroxylation is 1. The van der Waals surface area contributed by atoms with Crippen LogP contribution in [0.15, 0.2) is 34.9 Å². The minimum absolute atomic E-state index is 0.289. The quantitative estimate of drug-likeness (QED) is 0.795. The van der Waals surface area contributed by atoms with E-state index in [4.69, 9.17) is 9.26 Å². The van der Waals surface area contributed by atoms with E-state index >= 15 is 0 Å². The van der Waals surface area contributed by atoms with Crippen molar-refractivity contribution >= 4 is 23.4 Å². The Hall–Kier alpha value is -2.83. The standard InChI is InChI=1S/C16H19N3O4/c1-4-13(15(20)18-14-9-10(2)23-19-14)22-16(21)11-7-5-6-8-12(11)17-3/h5-9,13,17H,4H2,1-3H3,(H,18,19,20). The van der Waals surface area contributed by atoms with E-state index in [-0.39, 0.29) is 5.82 Å². The number of amides is 1. The number of ether oxygens (including phenoxy) is 1. The average molecular weight is 317 g/mol. The number of rotatable bonds is 6. The zero-order chi connectivity index (χ0) is 16.8. The number of hydrogen-bond acceptors (Lipinski definition) is 6. The summed E-state index contributed by atoms with van der Waals surface area (Å²) in [5, 5.41) is 9.16. The summed E-state index contributed by atoms with van der Waals surface area (Å²) in [7, 11) is 1.71. The van der Waals surface area contributed by atoms with Crippen LogP contribution < -0.4 is 10.6 Å². The van der Waals surface area contributed by atoms with Gasteiger partial charge in [0.15, 0.2) is 11.9 Å². The van der Waals surface area contributed by atoms with Crippen LogP contribution in [0.25, 0.3) is 0 Å². The first-order chi connectivity index (χ1) is 11.0. The van der Waals surface area contributed by atoms with E-state index in [0.717, 1.165) is 0 Å². The summed E-state index contributed by atoms with van der Waals surface area (Å²) in [4.78, 5) is 24.5. The fraction of sp³-hybridized carbons (Fsp3) is 0.312. The van der Waals surface area contributed by atoms with Gasteiger partial charge in [0.05, 0.1) is 5.56 Å². The molecule has 1 heterocycles. The lowest BCUT2D eigenvalue weighted by Crippen LogP contribution is -2.32. The summed E-state index contributed by atoms with van der Waals surface area (Å²) in [6.07, 6.45) is -0.569. The number of para-hydroxylation sites is 1. The molecular weight excluding hydrogens is 298 g/mol. The van der Waals surface area contributed by atoms with Crippen LogP contribution in [0.5, 0.6) is 0 Å². The van der Waals surface area contributed by atoms with Gasteiger partial charge in [-0.1, -0.05) is 24.2 Å². The van der Waals surface area contributed by atoms with Gasteiger partial charge in [-0.3, -0.25) is 4.79 Å². The molecule has 2 aromatic rings. The van der Waals surface area contributed by atoms with Crippen LogP contribution in [0, 0.1) is 6.92 Å². The SMILES string of the molecule is CCC(OC(=O)c1ccccc1NC)C(=O)Nc1cc(C)on1. The lowest BCUT2D eigenvalue weighted by molar-refractivity contribution is -0.124. The first-order valence-electron chi connectivity index (χ1n) is 7.27. The maximum Gasteiger partial charge on any atom is 0.341 e. The largest absolute Gasteiger partial charge is 0.449 e. The molecule has 0 aliphatic carbocycles. The summed E-state index contributed by atoms with van der Waals surface area (Å²) in [5.74, 6) is -0.143. The minimum atomic E-state index is -0.913. The van der Waals surface area contributed by atoms with Gasteiger partial charge in [-0.15, -0.1) is 0 Å². The number of nitrogens with one attached hydrogen (secondary N) is 2. The summed E-state index contributed by atoms with van der Waals surface area (Å²) >= 11 is 0. The molecule has 0 saturated carbocycles. The normalized spacial score (nSPS) is 11.6. The first kappa shape index (κ1) is 16.5. The topological polar surface area (TPSA) is 93.5 Å². The lowest BCUT2D eigenvalue weighted by atomic mass is 10.1. The summed E-state index contributed by atoms with van der Waals surface area (Å²) < 4.78 is 10.2. The van der Waals surface area contributed by atoms with Crippen molar-refractivity contribution in [3.8, 4) is 0 Å². The predicted molar refractivity (Wildman–Crippen MR) is 85.4 cm³/mol. The van der Waals surface area contributed by atoms with Gasteiger partial charge in [-0.05, 0) is 25.5 Å². The molecule has 1 unspecified atom stereocenters. The Bertz CT molecular complexity index is 696. The molecule has 1 aromatic carbocycles. The molecule has 7 nitrogen and oxygen atoms in total. The molecule has 7 heteroatoms. The molecule has 0 fully saturated rings. The van der Waals surface area contributed by atoms with Gasteiger partial charge in [0.1, 0.15) is 5.76 Å². The summed E-state index contributed by atoms with van der Waals surface area (Å²) in [6, 6.07) is 8.52. The highest BCUT2D eigenvalue weighted by molar-refractivity contribution is 5.99. The molecule has 0 aliphatic rings. The second-order valence-corrected chi connectivity index (χ2v) is 4.91. The van der Waals surface area contributed by atoms with Crippen LogP contribution in [0.1, 0.15) is 29.5 Å². The third-order valence-corrected chi connectivity index (χ3v) is 3.21. The monoisotopic (exact) mass is 317 g/mol. The molecular formula is C16H19N3O4. The molecule has 1 aromatic heterocycles. The highest BCUT2D eigenvalue weighted by atomic mass is 16.5. The number of hydrogen-bond donors (Lipinski definition) is 2. The van der Waals surface area contributed by atoms with Crippen LogP contribution in [-0.2, 0) is 9.53 Å². The third kappa shape index (κ3) is 4.09. The van der Waals surface area contributed by atoms with Crippen molar-refractivity contribution in [2.45, 2.75) is 26.4 Å². The zero-order valence-electron chi connectivity index (χ0n) is 13.3.